The Hall–Kier alpha value is -2.91. The van der Waals surface area contributed by atoms with Gasteiger partial charge in [-0.3, -0.25) is 4.79 Å². The first-order chi connectivity index (χ1) is 14.6. The van der Waals surface area contributed by atoms with E-state index in [-0.39, 0.29) is 30.3 Å². The molecule has 164 valence electrons. The number of benzene rings is 3. The van der Waals surface area contributed by atoms with Crippen LogP contribution in [0.5, 0.6) is 0 Å². The van der Waals surface area contributed by atoms with Crippen LogP contribution < -0.4 is 10.0 Å². The fraction of sp³-hybridized carbons (Fsp3) is 0.227. The number of carbonyl (C=O) groups is 1. The number of alkyl halides is 3. The lowest BCUT2D eigenvalue weighted by atomic mass is 10.1. The Kier molecular flexibility index (Phi) is 6.97. The highest BCUT2D eigenvalue weighted by Gasteiger charge is 2.29. The van der Waals surface area contributed by atoms with E-state index < -0.39 is 21.8 Å². The van der Waals surface area contributed by atoms with E-state index in [1.54, 1.807) is 12.1 Å². The first-order valence-corrected chi connectivity index (χ1v) is 11.0. The van der Waals surface area contributed by atoms with Gasteiger partial charge in [-0.2, -0.15) is 13.2 Å². The molecule has 0 aromatic heterocycles. The number of hydrogen-bond donors (Lipinski definition) is 2. The van der Waals surface area contributed by atoms with Gasteiger partial charge in [-0.25, -0.2) is 13.1 Å². The van der Waals surface area contributed by atoms with Crippen LogP contribution in [0.4, 0.5) is 13.2 Å². The number of nitrogens with one attached hydrogen (secondary N) is 2. The molecule has 3 aromatic carbocycles. The van der Waals surface area contributed by atoms with Crippen LogP contribution in [-0.4, -0.2) is 27.4 Å². The molecule has 3 rings (SSSR count). The molecule has 0 unspecified atom stereocenters. The number of hydrogen-bond acceptors (Lipinski definition) is 3. The minimum atomic E-state index is -4.38. The molecular weight excluding hydrogens is 429 g/mol. The van der Waals surface area contributed by atoms with Crippen molar-refractivity contribution in [1.82, 2.24) is 10.0 Å². The average Bonchev–Trinajstić information content (AvgIpc) is 2.73. The van der Waals surface area contributed by atoms with Gasteiger partial charge in [-0.05, 0) is 47.0 Å². The van der Waals surface area contributed by atoms with Crippen molar-refractivity contribution < 1.29 is 26.4 Å². The second kappa shape index (κ2) is 9.49. The van der Waals surface area contributed by atoms with E-state index in [9.17, 15) is 26.4 Å². The van der Waals surface area contributed by atoms with Crippen LogP contribution in [0.25, 0.3) is 10.8 Å². The van der Waals surface area contributed by atoms with Gasteiger partial charge < -0.3 is 5.32 Å². The number of sulfonamides is 1. The van der Waals surface area contributed by atoms with E-state index in [1.165, 1.54) is 18.2 Å². The molecule has 0 atom stereocenters. The van der Waals surface area contributed by atoms with Crippen molar-refractivity contribution in [2.24, 2.45) is 0 Å². The van der Waals surface area contributed by atoms with Gasteiger partial charge in [0, 0.05) is 19.5 Å². The Morgan fingerprint density at radius 1 is 0.871 bits per heavy atom. The quantitative estimate of drug-likeness (QED) is 0.547. The number of fused-ring (bicyclic) bond motifs is 1. The summed E-state index contributed by atoms with van der Waals surface area (Å²) in [5, 5.41) is 4.35. The minimum absolute atomic E-state index is 0.0557. The van der Waals surface area contributed by atoms with Crippen molar-refractivity contribution in [2.75, 3.05) is 13.1 Å². The molecule has 5 nitrogen and oxygen atoms in total. The molecular formula is C22H21F3N2O3S. The van der Waals surface area contributed by atoms with Crippen molar-refractivity contribution in [1.29, 1.82) is 0 Å². The van der Waals surface area contributed by atoms with Crippen molar-refractivity contribution in [3.63, 3.8) is 0 Å². The van der Waals surface area contributed by atoms with Crippen LogP contribution in [-0.2, 0) is 27.4 Å². The van der Waals surface area contributed by atoms with Crippen LogP contribution >= 0.6 is 0 Å². The Morgan fingerprint density at radius 2 is 1.55 bits per heavy atom. The van der Waals surface area contributed by atoms with Crippen molar-refractivity contribution in [3.8, 4) is 0 Å². The predicted molar refractivity (Wildman–Crippen MR) is 112 cm³/mol. The zero-order valence-corrected chi connectivity index (χ0v) is 17.3. The molecule has 0 bridgehead atoms. The SMILES string of the molecule is O=C(CCNS(=O)(=O)c1ccc2ccccc2c1)NCCc1ccc(C(F)(F)F)cc1. The van der Waals surface area contributed by atoms with Gasteiger partial charge in [0.1, 0.15) is 0 Å². The third-order valence-electron chi connectivity index (χ3n) is 4.69. The Morgan fingerprint density at radius 3 is 2.23 bits per heavy atom. The summed E-state index contributed by atoms with van der Waals surface area (Å²) in [7, 11) is -3.75. The molecule has 2 N–H and O–H groups in total. The highest BCUT2D eigenvalue weighted by atomic mass is 32.2. The summed E-state index contributed by atoms with van der Waals surface area (Å²) >= 11 is 0. The molecule has 31 heavy (non-hydrogen) atoms. The Balaban J connectivity index is 1.44. The molecule has 0 fully saturated rings. The van der Waals surface area contributed by atoms with Crippen LogP contribution in [0.15, 0.2) is 71.6 Å². The van der Waals surface area contributed by atoms with E-state index in [0.29, 0.717) is 12.0 Å². The van der Waals surface area contributed by atoms with Crippen molar-refractivity contribution in [2.45, 2.75) is 23.9 Å². The zero-order chi connectivity index (χ0) is 22.5. The molecule has 0 saturated carbocycles. The highest BCUT2D eigenvalue weighted by molar-refractivity contribution is 7.89. The maximum Gasteiger partial charge on any atom is 0.416 e. The predicted octanol–water partition coefficient (Wildman–Crippen LogP) is 3.89. The second-order valence-corrected chi connectivity index (χ2v) is 8.72. The van der Waals surface area contributed by atoms with Crippen LogP contribution in [0.2, 0.25) is 0 Å². The standard InChI is InChI=1S/C22H21F3N2O3S/c23-22(24,25)19-8-5-16(6-9-19)11-13-26-21(28)12-14-27-31(29,30)20-10-7-17-3-1-2-4-18(17)15-20/h1-10,15,27H,11-14H2,(H,26,28). The van der Waals surface area contributed by atoms with Crippen molar-refractivity contribution in [3.05, 3.63) is 77.9 Å². The normalized spacial score (nSPS) is 12.1. The van der Waals surface area contributed by atoms with Gasteiger partial charge in [0.25, 0.3) is 0 Å². The zero-order valence-electron chi connectivity index (χ0n) is 16.4. The molecule has 3 aromatic rings. The van der Waals surface area contributed by atoms with Crippen LogP contribution in [0.1, 0.15) is 17.5 Å². The average molecular weight is 450 g/mol. The molecule has 0 heterocycles. The number of halogens is 3. The van der Waals surface area contributed by atoms with Gasteiger partial charge in [-0.15, -0.1) is 0 Å². The summed E-state index contributed by atoms with van der Waals surface area (Å²) in [5.41, 5.74) is -0.0655. The Labute approximate surface area is 178 Å². The molecule has 0 aliphatic heterocycles. The van der Waals surface area contributed by atoms with Crippen molar-refractivity contribution >= 4 is 26.7 Å². The summed E-state index contributed by atoms with van der Waals surface area (Å²) in [6.45, 7) is 0.170. The third kappa shape index (κ3) is 6.28. The first kappa shape index (κ1) is 22.8. The highest BCUT2D eigenvalue weighted by Crippen LogP contribution is 2.29. The number of carbonyl (C=O) groups excluding carboxylic acids is 1. The number of rotatable bonds is 8. The van der Waals surface area contributed by atoms with Crippen LogP contribution in [0, 0.1) is 0 Å². The lowest BCUT2D eigenvalue weighted by molar-refractivity contribution is -0.137. The maximum atomic E-state index is 12.6. The minimum Gasteiger partial charge on any atom is -0.356 e. The molecule has 1 amide bonds. The molecule has 0 spiro atoms. The lowest BCUT2D eigenvalue weighted by Crippen LogP contribution is -2.31. The van der Waals surface area contributed by atoms with Gasteiger partial charge >= 0.3 is 6.18 Å². The molecule has 9 heteroatoms. The molecule has 0 aliphatic rings. The van der Waals surface area contributed by atoms with E-state index in [4.69, 9.17) is 0 Å². The Bertz CT molecular complexity index is 1160. The molecule has 0 radical (unpaired) electrons. The maximum absolute atomic E-state index is 12.6. The van der Waals surface area contributed by atoms with E-state index in [2.05, 4.69) is 10.0 Å². The fourth-order valence-corrected chi connectivity index (χ4v) is 4.08. The summed E-state index contributed by atoms with van der Waals surface area (Å²) < 4.78 is 64.9. The van der Waals surface area contributed by atoms with Gasteiger partial charge in [0.15, 0.2) is 0 Å². The lowest BCUT2D eigenvalue weighted by Gasteiger charge is -2.09. The largest absolute Gasteiger partial charge is 0.416 e. The summed E-state index contributed by atoms with van der Waals surface area (Å²) in [6, 6.07) is 16.9. The summed E-state index contributed by atoms with van der Waals surface area (Å²) in [4.78, 5) is 12.0. The van der Waals surface area contributed by atoms with E-state index in [0.717, 1.165) is 22.9 Å². The van der Waals surface area contributed by atoms with Crippen LogP contribution in [0.3, 0.4) is 0 Å². The fourth-order valence-electron chi connectivity index (χ4n) is 3.01. The monoisotopic (exact) mass is 450 g/mol. The van der Waals surface area contributed by atoms with E-state index >= 15 is 0 Å². The smallest absolute Gasteiger partial charge is 0.356 e. The number of amides is 1. The second-order valence-electron chi connectivity index (χ2n) is 6.95. The molecule has 0 saturated heterocycles. The third-order valence-corrected chi connectivity index (χ3v) is 6.15. The topological polar surface area (TPSA) is 75.3 Å². The first-order valence-electron chi connectivity index (χ1n) is 9.56. The summed E-state index contributed by atoms with van der Waals surface area (Å²) in [5.74, 6) is -0.354. The van der Waals surface area contributed by atoms with E-state index in [1.807, 2.05) is 24.3 Å². The summed E-state index contributed by atoms with van der Waals surface area (Å²) in [6.07, 6.45) is -4.07. The molecule has 0 aliphatic carbocycles. The van der Waals surface area contributed by atoms with Gasteiger partial charge in [0.05, 0.1) is 10.5 Å². The van der Waals surface area contributed by atoms with Gasteiger partial charge in [0.2, 0.25) is 15.9 Å². The van der Waals surface area contributed by atoms with Gasteiger partial charge in [-0.1, -0.05) is 42.5 Å².